The molecular weight excluding hydrogens is 196 g/mol. The molecular formula is C9H16N4O2. The minimum atomic E-state index is -0.882. The van der Waals surface area contributed by atoms with Crippen molar-refractivity contribution in [3.05, 3.63) is 0 Å². The van der Waals surface area contributed by atoms with Crippen LogP contribution >= 0.6 is 0 Å². The highest BCUT2D eigenvalue weighted by atomic mass is 16.5. The Morgan fingerprint density at radius 2 is 2.07 bits per heavy atom. The van der Waals surface area contributed by atoms with Crippen LogP contribution in [0, 0.1) is 11.3 Å². The number of carbonyl (C=O) groups is 1. The van der Waals surface area contributed by atoms with Crippen LogP contribution in [0.4, 0.5) is 0 Å². The Labute approximate surface area is 88.2 Å². The standard InChI is InChI=1S/C9H16N4O2/c10-5-7(9(12)14)8(11)13-6-1-3-15-4-2-6/h5-7,10H,1-4H2,(H2,11,13)(H2,12,14). The lowest BCUT2D eigenvalue weighted by Crippen LogP contribution is -2.37. The molecule has 6 heteroatoms. The van der Waals surface area contributed by atoms with Gasteiger partial charge in [-0.25, -0.2) is 0 Å². The summed E-state index contributed by atoms with van der Waals surface area (Å²) in [6.07, 6.45) is 2.51. The van der Waals surface area contributed by atoms with E-state index in [1.165, 1.54) is 0 Å². The molecule has 6 nitrogen and oxygen atoms in total. The third kappa shape index (κ3) is 3.32. The van der Waals surface area contributed by atoms with Gasteiger partial charge in [-0.3, -0.25) is 9.79 Å². The van der Waals surface area contributed by atoms with E-state index in [0.29, 0.717) is 13.2 Å². The summed E-state index contributed by atoms with van der Waals surface area (Å²) in [6, 6.07) is 0.0838. The van der Waals surface area contributed by atoms with Crippen LogP contribution in [0.3, 0.4) is 0 Å². The number of hydrogen-bond donors (Lipinski definition) is 3. The van der Waals surface area contributed by atoms with Gasteiger partial charge in [0.2, 0.25) is 5.91 Å². The van der Waals surface area contributed by atoms with Crippen molar-refractivity contribution in [3.8, 4) is 0 Å². The number of hydrogen-bond acceptors (Lipinski definition) is 4. The van der Waals surface area contributed by atoms with E-state index < -0.39 is 11.8 Å². The average Bonchev–Trinajstić information content (AvgIpc) is 2.19. The summed E-state index contributed by atoms with van der Waals surface area (Å²) in [5, 5.41) is 7.03. The second-order valence-corrected chi connectivity index (χ2v) is 3.44. The first kappa shape index (κ1) is 11.6. The van der Waals surface area contributed by atoms with E-state index >= 15 is 0 Å². The third-order valence-corrected chi connectivity index (χ3v) is 2.31. The summed E-state index contributed by atoms with van der Waals surface area (Å²) >= 11 is 0. The van der Waals surface area contributed by atoms with Crippen molar-refractivity contribution in [2.45, 2.75) is 18.9 Å². The van der Waals surface area contributed by atoms with Gasteiger partial charge < -0.3 is 21.6 Å². The molecule has 84 valence electrons. The highest BCUT2D eigenvalue weighted by Gasteiger charge is 2.19. The molecule has 15 heavy (non-hydrogen) atoms. The Morgan fingerprint density at radius 3 is 2.53 bits per heavy atom. The summed E-state index contributed by atoms with van der Waals surface area (Å²) in [5.74, 6) is -1.39. The molecule has 0 saturated carbocycles. The fourth-order valence-corrected chi connectivity index (χ4v) is 1.42. The van der Waals surface area contributed by atoms with E-state index in [4.69, 9.17) is 21.6 Å². The van der Waals surface area contributed by atoms with E-state index in [2.05, 4.69) is 4.99 Å². The fourth-order valence-electron chi connectivity index (χ4n) is 1.42. The molecule has 1 atom stereocenters. The second kappa shape index (κ2) is 5.45. The number of nitrogens with two attached hydrogens (primary N) is 2. The van der Waals surface area contributed by atoms with Crippen LogP contribution in [0.1, 0.15) is 12.8 Å². The first-order chi connectivity index (χ1) is 7.15. The minimum Gasteiger partial charge on any atom is -0.386 e. The van der Waals surface area contributed by atoms with Gasteiger partial charge in [-0.15, -0.1) is 0 Å². The summed E-state index contributed by atoms with van der Waals surface area (Å²) in [7, 11) is 0. The van der Waals surface area contributed by atoms with Gasteiger partial charge in [-0.1, -0.05) is 0 Å². The number of aliphatic imine (C=N–C) groups is 1. The van der Waals surface area contributed by atoms with Gasteiger partial charge in [-0.2, -0.15) is 0 Å². The molecule has 0 bridgehead atoms. The van der Waals surface area contributed by atoms with Crippen molar-refractivity contribution < 1.29 is 9.53 Å². The van der Waals surface area contributed by atoms with Crippen molar-refractivity contribution in [2.24, 2.45) is 22.4 Å². The van der Waals surface area contributed by atoms with E-state index in [1.54, 1.807) is 0 Å². The summed E-state index contributed by atoms with van der Waals surface area (Å²) in [4.78, 5) is 15.1. The lowest BCUT2D eigenvalue weighted by molar-refractivity contribution is -0.118. The molecule has 5 N–H and O–H groups in total. The molecule has 1 heterocycles. The molecule has 1 amide bonds. The van der Waals surface area contributed by atoms with Crippen molar-refractivity contribution in [3.63, 3.8) is 0 Å². The maximum absolute atomic E-state index is 10.9. The predicted octanol–water partition coefficient (Wildman–Crippen LogP) is -0.726. The van der Waals surface area contributed by atoms with Gasteiger partial charge in [0.1, 0.15) is 11.8 Å². The molecule has 1 aliphatic rings. The Morgan fingerprint density at radius 1 is 1.47 bits per heavy atom. The zero-order chi connectivity index (χ0) is 11.3. The van der Waals surface area contributed by atoms with Crippen molar-refractivity contribution in [1.29, 1.82) is 5.41 Å². The van der Waals surface area contributed by atoms with Crippen LogP contribution < -0.4 is 11.5 Å². The maximum atomic E-state index is 10.9. The molecule has 1 unspecified atom stereocenters. The molecule has 0 radical (unpaired) electrons. The fraction of sp³-hybridized carbons (Fsp3) is 0.667. The summed E-state index contributed by atoms with van der Waals surface area (Å²) in [5.41, 5.74) is 10.7. The summed E-state index contributed by atoms with van der Waals surface area (Å²) < 4.78 is 5.17. The van der Waals surface area contributed by atoms with Gasteiger partial charge in [0.15, 0.2) is 0 Å². The van der Waals surface area contributed by atoms with Gasteiger partial charge in [0, 0.05) is 19.4 Å². The molecule has 1 rings (SSSR count). The zero-order valence-electron chi connectivity index (χ0n) is 8.48. The largest absolute Gasteiger partial charge is 0.386 e. The number of nitrogens with zero attached hydrogens (tertiary/aromatic N) is 1. The number of primary amides is 1. The maximum Gasteiger partial charge on any atom is 0.233 e. The van der Waals surface area contributed by atoms with Crippen molar-refractivity contribution in [2.75, 3.05) is 13.2 Å². The molecule has 1 aliphatic heterocycles. The van der Waals surface area contributed by atoms with Crippen molar-refractivity contribution in [1.82, 2.24) is 0 Å². The second-order valence-electron chi connectivity index (χ2n) is 3.44. The highest BCUT2D eigenvalue weighted by molar-refractivity contribution is 6.13. The van der Waals surface area contributed by atoms with Crippen LogP contribution in [-0.2, 0) is 9.53 Å². The number of amidine groups is 1. The van der Waals surface area contributed by atoms with Crippen molar-refractivity contribution >= 4 is 18.0 Å². The first-order valence-electron chi connectivity index (χ1n) is 4.86. The van der Waals surface area contributed by atoms with Gasteiger partial charge in [0.25, 0.3) is 0 Å². The number of nitrogens with one attached hydrogen (secondary N) is 1. The third-order valence-electron chi connectivity index (χ3n) is 2.31. The van der Waals surface area contributed by atoms with Crippen LogP contribution in [0.15, 0.2) is 4.99 Å². The number of rotatable bonds is 4. The van der Waals surface area contributed by atoms with Gasteiger partial charge in [-0.05, 0) is 12.8 Å². The lowest BCUT2D eigenvalue weighted by atomic mass is 10.1. The number of amides is 1. The Hall–Kier alpha value is -1.43. The zero-order valence-corrected chi connectivity index (χ0v) is 8.48. The Kier molecular flexibility index (Phi) is 4.23. The molecule has 0 spiro atoms. The monoisotopic (exact) mass is 212 g/mol. The van der Waals surface area contributed by atoms with Crippen LogP contribution in [-0.4, -0.2) is 37.2 Å². The van der Waals surface area contributed by atoms with E-state index in [9.17, 15) is 4.79 Å². The number of carbonyl (C=O) groups excluding carboxylic acids is 1. The first-order valence-corrected chi connectivity index (χ1v) is 4.86. The quantitative estimate of drug-likeness (QED) is 0.421. The SMILES string of the molecule is N=CC(C(N)=O)C(N)=NC1CCOCC1. The molecule has 0 aromatic carbocycles. The molecule has 0 aliphatic carbocycles. The molecule has 0 aromatic heterocycles. The van der Waals surface area contributed by atoms with Gasteiger partial charge >= 0.3 is 0 Å². The number of ether oxygens (including phenoxy) is 1. The highest BCUT2D eigenvalue weighted by Crippen LogP contribution is 2.11. The lowest BCUT2D eigenvalue weighted by Gasteiger charge is -2.19. The average molecular weight is 212 g/mol. The molecule has 0 aromatic rings. The predicted molar refractivity (Wildman–Crippen MR) is 56.9 cm³/mol. The van der Waals surface area contributed by atoms with E-state index in [-0.39, 0.29) is 11.9 Å². The normalized spacial score (nSPS) is 20.9. The summed E-state index contributed by atoms with van der Waals surface area (Å²) in [6.45, 7) is 1.32. The Balaban J connectivity index is 2.63. The van der Waals surface area contributed by atoms with E-state index in [1.807, 2.05) is 0 Å². The molecule has 1 saturated heterocycles. The van der Waals surface area contributed by atoms with Crippen LogP contribution in [0.25, 0.3) is 0 Å². The van der Waals surface area contributed by atoms with Crippen LogP contribution in [0.5, 0.6) is 0 Å². The molecule has 1 fully saturated rings. The topological polar surface area (TPSA) is 115 Å². The Bertz CT molecular complexity index is 271. The van der Waals surface area contributed by atoms with Gasteiger partial charge in [0.05, 0.1) is 6.04 Å². The van der Waals surface area contributed by atoms with E-state index in [0.717, 1.165) is 19.1 Å². The van der Waals surface area contributed by atoms with Crippen LogP contribution in [0.2, 0.25) is 0 Å². The minimum absolute atomic E-state index is 0.0838. The smallest absolute Gasteiger partial charge is 0.233 e.